The van der Waals surface area contributed by atoms with Crippen molar-refractivity contribution in [3.05, 3.63) is 217 Å². The van der Waals surface area contributed by atoms with Crippen LogP contribution in [0.2, 0.25) is 5.02 Å². The van der Waals surface area contributed by atoms with E-state index in [1.807, 2.05) is 121 Å². The van der Waals surface area contributed by atoms with E-state index in [2.05, 4.69) is 66.9 Å². The first-order valence-corrected chi connectivity index (χ1v) is 48.2. The number of nitrogens with one attached hydrogen (secondary N) is 1. The molecule has 12 heterocycles. The SMILES string of the molecule is CC(=O)c1ccc2n1CCN(C)C21CCN(C(=O)c2ccc(C3CCCCC3)cc2)CC1.CC(C)Oc1ccc(C(=O)N2CCC3(CC2)c2c(F)cc(C(F)(F)F)n2CCN3C)cc1.CNS(=O)(=O)c1ccc(C(=O)N2CCC3(CC2)c2ccc(C(=O)C(C)(C)C)n2CCN3C)cc1C.Cc1cc(C(=O)N2CCC3(CC2)c2c(Cl)cc(C(F)(F)F)n2CCN3C)ccc1OC(C)C. The van der Waals surface area contributed by atoms with Crippen molar-refractivity contribution in [3.8, 4) is 11.5 Å². The van der Waals surface area contributed by atoms with Gasteiger partial charge in [0.25, 0.3) is 23.6 Å². The number of nitrogens with zero attached hydrogens (tertiary/aromatic N) is 12. The fourth-order valence-corrected chi connectivity index (χ4v) is 23.2. The molecule has 8 aromatic rings. The van der Waals surface area contributed by atoms with E-state index < -0.39 is 56.1 Å². The van der Waals surface area contributed by atoms with Crippen LogP contribution in [-0.4, -0.2) is 227 Å². The molecule has 714 valence electrons. The molecule has 8 aliphatic heterocycles. The molecule has 17 rings (SSSR count). The molecule has 5 fully saturated rings. The van der Waals surface area contributed by atoms with Crippen LogP contribution >= 0.6 is 11.6 Å². The second-order valence-electron chi connectivity index (χ2n) is 38.9. The van der Waals surface area contributed by atoms with Gasteiger partial charge >= 0.3 is 12.4 Å². The van der Waals surface area contributed by atoms with Crippen molar-refractivity contribution >= 4 is 56.8 Å². The number of aryl methyl sites for hydroxylation is 2. The number of fused-ring (bicyclic) bond motifs is 8. The Balaban J connectivity index is 0.000000142. The van der Waals surface area contributed by atoms with E-state index in [0.717, 1.165) is 110 Å². The fourth-order valence-electron chi connectivity index (χ4n) is 21.8. The number of benzene rings is 4. The van der Waals surface area contributed by atoms with Gasteiger partial charge in [-0.15, -0.1) is 0 Å². The number of sulfonamides is 1. The van der Waals surface area contributed by atoms with Crippen LogP contribution < -0.4 is 14.2 Å². The maximum atomic E-state index is 14.8. The standard InChI is InChI=1S/C27H35N3O2.C26H36N4O4S.C24H29ClF3N3O2.C23H27F4N3O2/c1-20(31)24-12-13-25-27(28(2)18-19-30(24)25)14-16-29(17-15-27)26(32)23-10-8-22(9-11-23)21-6-4-3-5-7-21;1-18-17-19(7-9-21(18)35(33,34)27-5)24(32)29-13-11-26(12-14-29)22-10-8-20(23(31)25(2,3)4)30(22)16-15-28(26)6;1-15(2)33-19-6-5-17(13-16(19)3)22(32)30-9-7-23(8-10-30)21-18(25)14-20(24(26,27)28)31(21)12-11-29(23)4;1-15(2)32-17-6-4-16(5-7-17)21(31)29-10-8-22(9-11-29)20-18(24)14-19(23(25,26)27)30(20)13-12-28(22)3/h8-13,21H,3-7,14-19H2,1-2H3;7-10,17,27H,11-16H2,1-6H3;5-6,13-15H,7-12H2,1-4H3;4-7,14-15H,8-13H2,1-3H3. The molecule has 1 N–H and O–H groups in total. The van der Waals surface area contributed by atoms with Crippen LogP contribution in [0.15, 0.2) is 126 Å². The molecule has 0 unspecified atom stereocenters. The van der Waals surface area contributed by atoms with Gasteiger partial charge in [0.2, 0.25) is 10.0 Å². The second kappa shape index (κ2) is 38.6. The molecule has 23 nitrogen and oxygen atoms in total. The number of carbonyl (C=O) groups excluding carboxylic acids is 6. The summed E-state index contributed by atoms with van der Waals surface area (Å²) in [4.78, 5) is 94.1. The first-order chi connectivity index (χ1) is 62.3. The van der Waals surface area contributed by atoms with Crippen molar-refractivity contribution < 1.29 is 77.4 Å². The number of hydrogen-bond acceptors (Lipinski definition) is 14. The van der Waals surface area contributed by atoms with E-state index in [0.29, 0.717) is 124 Å². The van der Waals surface area contributed by atoms with Gasteiger partial charge < -0.3 is 47.3 Å². The highest BCUT2D eigenvalue weighted by Gasteiger charge is 2.54. The molecular weight excluding hydrogens is 1740 g/mol. The maximum Gasteiger partial charge on any atom is 0.431 e. The van der Waals surface area contributed by atoms with Crippen molar-refractivity contribution in [2.24, 2.45) is 5.41 Å². The average molecular weight is 1870 g/mol. The molecule has 0 radical (unpaired) electrons. The Morgan fingerprint density at radius 2 is 0.826 bits per heavy atom. The van der Waals surface area contributed by atoms with Crippen LogP contribution in [0, 0.1) is 25.1 Å². The molecule has 9 aliphatic rings. The quantitative estimate of drug-likeness (QED) is 0.0840. The number of likely N-dealkylation sites (tertiary alicyclic amines) is 4. The summed E-state index contributed by atoms with van der Waals surface area (Å²) in [6.07, 6.45) is 2.67. The number of carbonyl (C=O) groups is 6. The Kier molecular flexibility index (Phi) is 28.8. The summed E-state index contributed by atoms with van der Waals surface area (Å²) < 4.78 is 141. The van der Waals surface area contributed by atoms with Gasteiger partial charge in [0.15, 0.2) is 11.6 Å². The lowest BCUT2D eigenvalue weighted by atomic mass is 9.81. The fraction of sp³-hybridized carbons (Fsp3) is 0.540. The topological polar surface area (TPSA) is 213 Å². The number of ketones is 2. The molecule has 4 aromatic heterocycles. The van der Waals surface area contributed by atoms with Gasteiger partial charge in [-0.05, 0) is 267 Å². The number of likely N-dealkylation sites (N-methyl/N-ethyl adjacent to an activating group) is 4. The van der Waals surface area contributed by atoms with Crippen LogP contribution in [-0.2, 0) is 70.7 Å². The van der Waals surface area contributed by atoms with Gasteiger partial charge in [-0.3, -0.25) is 48.4 Å². The Morgan fingerprint density at radius 3 is 1.25 bits per heavy atom. The molecule has 4 aromatic carbocycles. The van der Waals surface area contributed by atoms with Crippen molar-refractivity contribution in [3.63, 3.8) is 0 Å². The van der Waals surface area contributed by atoms with E-state index in [1.54, 1.807) is 66.1 Å². The van der Waals surface area contributed by atoms with Crippen LogP contribution in [0.1, 0.15) is 258 Å². The summed E-state index contributed by atoms with van der Waals surface area (Å²) in [5, 5.41) is 0.144. The van der Waals surface area contributed by atoms with Gasteiger partial charge in [-0.25, -0.2) is 17.5 Å². The second-order valence-corrected chi connectivity index (χ2v) is 41.1. The summed E-state index contributed by atoms with van der Waals surface area (Å²) in [6.45, 7) is 27.7. The first kappa shape index (κ1) is 98.4. The highest BCUT2D eigenvalue weighted by Crippen LogP contribution is 2.51. The Morgan fingerprint density at radius 1 is 0.447 bits per heavy atom. The highest BCUT2D eigenvalue weighted by atomic mass is 35.5. The number of halogens is 8. The lowest BCUT2D eigenvalue weighted by molar-refractivity contribution is -0.145. The normalized spacial score (nSPS) is 19.3. The number of aromatic nitrogens is 4. The van der Waals surface area contributed by atoms with Crippen LogP contribution in [0.3, 0.4) is 0 Å². The van der Waals surface area contributed by atoms with E-state index in [9.17, 15) is 67.9 Å². The van der Waals surface area contributed by atoms with Gasteiger partial charge in [0.05, 0.1) is 67.1 Å². The number of amides is 4. The van der Waals surface area contributed by atoms with Crippen molar-refractivity contribution in [1.82, 2.24) is 62.2 Å². The number of piperidine rings is 4. The molecule has 4 amide bonds. The Hall–Kier alpha value is -9.63. The minimum absolute atomic E-state index is 0.0273. The molecule has 0 bridgehead atoms. The third-order valence-electron chi connectivity index (χ3n) is 29.3. The number of hydrogen-bond donors (Lipinski definition) is 1. The van der Waals surface area contributed by atoms with E-state index >= 15 is 0 Å². The average Bonchev–Trinajstić information content (AvgIpc) is 1.36. The van der Waals surface area contributed by atoms with Crippen molar-refractivity contribution in [2.75, 3.05) is 114 Å². The molecular formula is C100H127ClF7N13O10S. The van der Waals surface area contributed by atoms with Crippen LogP contribution in [0.25, 0.3) is 0 Å². The minimum Gasteiger partial charge on any atom is -0.491 e. The minimum atomic E-state index is -4.61. The predicted octanol–water partition coefficient (Wildman–Crippen LogP) is 17.7. The highest BCUT2D eigenvalue weighted by molar-refractivity contribution is 7.89. The third kappa shape index (κ3) is 19.4. The molecule has 4 saturated heterocycles. The predicted molar refractivity (Wildman–Crippen MR) is 493 cm³/mol. The Bertz CT molecular complexity index is 5690. The molecule has 132 heavy (non-hydrogen) atoms. The Labute approximate surface area is 775 Å². The molecule has 1 saturated carbocycles. The monoisotopic (exact) mass is 1870 g/mol. The summed E-state index contributed by atoms with van der Waals surface area (Å²) in [5.74, 6) is 1.36. The van der Waals surface area contributed by atoms with Gasteiger partial charge in [0.1, 0.15) is 28.7 Å². The zero-order chi connectivity index (χ0) is 95.4. The summed E-state index contributed by atoms with van der Waals surface area (Å²) >= 11 is 6.38. The number of ether oxygens (including phenoxy) is 2. The largest absolute Gasteiger partial charge is 0.491 e. The number of rotatable bonds is 13. The molecule has 0 atom stereocenters. The van der Waals surface area contributed by atoms with Crippen LogP contribution in [0.5, 0.6) is 11.5 Å². The molecule has 4 spiro atoms. The van der Waals surface area contributed by atoms with Crippen molar-refractivity contribution in [1.29, 1.82) is 0 Å². The van der Waals surface area contributed by atoms with Gasteiger partial charge in [0, 0.05) is 157 Å². The van der Waals surface area contributed by atoms with E-state index in [4.69, 9.17) is 21.1 Å². The lowest BCUT2D eigenvalue weighted by Crippen LogP contribution is -2.57. The smallest absolute Gasteiger partial charge is 0.431 e. The zero-order valence-electron chi connectivity index (χ0n) is 78.7. The zero-order valence-corrected chi connectivity index (χ0v) is 80.2. The first-order valence-electron chi connectivity index (χ1n) is 46.4. The lowest BCUT2D eigenvalue weighted by Gasteiger charge is -2.50. The molecule has 1 aliphatic carbocycles. The number of alkyl halides is 6. The van der Waals surface area contributed by atoms with Crippen molar-refractivity contribution in [2.45, 2.75) is 236 Å². The van der Waals surface area contributed by atoms with E-state index in [1.165, 1.54) is 61.0 Å². The summed E-state index contributed by atoms with van der Waals surface area (Å²) in [5.41, 5.74) is 5.91. The number of Topliss-reactive ketones (excluding diaryl/α,β-unsaturated/α-hetero) is 2. The summed E-state index contributed by atoms with van der Waals surface area (Å²) in [7, 11) is 5.86. The summed E-state index contributed by atoms with van der Waals surface area (Å²) in [6, 6.07) is 35.3. The molecule has 32 heteroatoms. The van der Waals surface area contributed by atoms with Crippen LogP contribution in [0.4, 0.5) is 30.7 Å². The van der Waals surface area contributed by atoms with Gasteiger partial charge in [-0.1, -0.05) is 63.8 Å². The van der Waals surface area contributed by atoms with Gasteiger partial charge in [-0.2, -0.15) is 26.3 Å². The van der Waals surface area contributed by atoms with E-state index in [-0.39, 0.29) is 87.2 Å². The third-order valence-corrected chi connectivity index (χ3v) is 31.2. The maximum absolute atomic E-state index is 14.8.